The highest BCUT2D eigenvalue weighted by molar-refractivity contribution is 5.72. The van der Waals surface area contributed by atoms with E-state index in [0.717, 1.165) is 49.9 Å². The molecule has 0 atom stereocenters. The van der Waals surface area contributed by atoms with Crippen LogP contribution in [-0.4, -0.2) is 12.6 Å². The fourth-order valence-electron chi connectivity index (χ4n) is 4.13. The van der Waals surface area contributed by atoms with Gasteiger partial charge in [0.25, 0.3) is 0 Å². The highest BCUT2D eigenvalue weighted by atomic mass is 16.5. The van der Waals surface area contributed by atoms with E-state index in [4.69, 9.17) is 16.2 Å². The zero-order valence-corrected chi connectivity index (χ0v) is 16.1. The number of hydrogen-bond acceptors (Lipinski definition) is 4. The smallest absolute Gasteiger partial charge is 0.308 e. The molecule has 0 aliphatic heterocycles. The standard InChI is InChI=1S/C23H30N2O2/c1-2-3-16-27-22(26)17-12-14-23(15-13-17,18-4-8-20(24)9-5-18)19-6-10-21(25)11-7-19/h4-11,17H,2-3,12-16,24-25H2,1H3. The van der Waals surface area contributed by atoms with Crippen LogP contribution in [0, 0.1) is 5.92 Å². The maximum Gasteiger partial charge on any atom is 0.308 e. The second-order valence-electron chi connectivity index (χ2n) is 7.62. The molecule has 0 radical (unpaired) electrons. The predicted molar refractivity (Wildman–Crippen MR) is 110 cm³/mol. The van der Waals surface area contributed by atoms with Crippen molar-refractivity contribution in [1.29, 1.82) is 0 Å². The number of benzene rings is 2. The van der Waals surface area contributed by atoms with Gasteiger partial charge in [0.2, 0.25) is 0 Å². The lowest BCUT2D eigenvalue weighted by molar-refractivity contribution is -0.150. The van der Waals surface area contributed by atoms with Crippen LogP contribution in [0.4, 0.5) is 11.4 Å². The third-order valence-corrected chi connectivity index (χ3v) is 5.84. The molecule has 4 N–H and O–H groups in total. The van der Waals surface area contributed by atoms with Gasteiger partial charge in [-0.15, -0.1) is 0 Å². The quantitative estimate of drug-likeness (QED) is 0.442. The molecule has 1 aliphatic rings. The normalized spacial score (nSPS) is 16.8. The van der Waals surface area contributed by atoms with Gasteiger partial charge in [0.15, 0.2) is 0 Å². The minimum Gasteiger partial charge on any atom is -0.465 e. The molecule has 0 aromatic heterocycles. The van der Waals surface area contributed by atoms with Gasteiger partial charge in [-0.2, -0.15) is 0 Å². The molecular formula is C23H30N2O2. The summed E-state index contributed by atoms with van der Waals surface area (Å²) in [7, 11) is 0. The zero-order valence-electron chi connectivity index (χ0n) is 16.1. The van der Waals surface area contributed by atoms with Crippen LogP contribution in [0.2, 0.25) is 0 Å². The van der Waals surface area contributed by atoms with Crippen LogP contribution in [0.25, 0.3) is 0 Å². The first-order valence-electron chi connectivity index (χ1n) is 9.94. The van der Waals surface area contributed by atoms with Gasteiger partial charge in [-0.05, 0) is 67.5 Å². The van der Waals surface area contributed by atoms with Crippen LogP contribution in [0.5, 0.6) is 0 Å². The Bertz CT molecular complexity index is 697. The number of nitrogens with two attached hydrogens (primary N) is 2. The molecular weight excluding hydrogens is 336 g/mol. The van der Waals surface area contributed by atoms with Gasteiger partial charge < -0.3 is 16.2 Å². The maximum absolute atomic E-state index is 12.4. The number of anilines is 2. The maximum atomic E-state index is 12.4. The van der Waals surface area contributed by atoms with E-state index < -0.39 is 0 Å². The van der Waals surface area contributed by atoms with E-state index in [2.05, 4.69) is 31.2 Å². The van der Waals surface area contributed by atoms with E-state index in [-0.39, 0.29) is 17.3 Å². The Morgan fingerprint density at radius 3 is 1.89 bits per heavy atom. The number of ether oxygens (including phenoxy) is 1. The number of carbonyl (C=O) groups excluding carboxylic acids is 1. The summed E-state index contributed by atoms with van der Waals surface area (Å²) in [6, 6.07) is 16.3. The van der Waals surface area contributed by atoms with Crippen LogP contribution in [0.15, 0.2) is 48.5 Å². The molecule has 0 heterocycles. The molecule has 1 fully saturated rings. The molecule has 144 valence electrons. The van der Waals surface area contributed by atoms with Crippen LogP contribution >= 0.6 is 0 Å². The summed E-state index contributed by atoms with van der Waals surface area (Å²) in [4.78, 5) is 12.4. The molecule has 27 heavy (non-hydrogen) atoms. The van der Waals surface area contributed by atoms with Crippen molar-refractivity contribution in [2.24, 2.45) is 5.92 Å². The number of esters is 1. The first-order valence-corrected chi connectivity index (χ1v) is 9.94. The molecule has 1 saturated carbocycles. The van der Waals surface area contributed by atoms with Gasteiger partial charge in [0.1, 0.15) is 0 Å². The van der Waals surface area contributed by atoms with E-state index >= 15 is 0 Å². The molecule has 3 rings (SSSR count). The Morgan fingerprint density at radius 1 is 0.963 bits per heavy atom. The highest BCUT2D eigenvalue weighted by Crippen LogP contribution is 2.47. The Hall–Kier alpha value is -2.49. The van der Waals surface area contributed by atoms with Gasteiger partial charge >= 0.3 is 5.97 Å². The largest absolute Gasteiger partial charge is 0.465 e. The minimum absolute atomic E-state index is 0.00227. The van der Waals surface area contributed by atoms with Crippen LogP contribution in [-0.2, 0) is 14.9 Å². The second kappa shape index (κ2) is 8.47. The fourth-order valence-corrected chi connectivity index (χ4v) is 4.13. The Kier molecular flexibility index (Phi) is 6.04. The van der Waals surface area contributed by atoms with Crippen molar-refractivity contribution in [3.05, 3.63) is 59.7 Å². The van der Waals surface area contributed by atoms with Crippen molar-refractivity contribution in [2.45, 2.75) is 50.9 Å². The van der Waals surface area contributed by atoms with Crippen molar-refractivity contribution in [1.82, 2.24) is 0 Å². The molecule has 0 spiro atoms. The first kappa shape index (κ1) is 19.3. The van der Waals surface area contributed by atoms with E-state index in [0.29, 0.717) is 6.61 Å². The van der Waals surface area contributed by atoms with Crippen LogP contribution in [0.1, 0.15) is 56.6 Å². The van der Waals surface area contributed by atoms with Crippen molar-refractivity contribution < 1.29 is 9.53 Å². The van der Waals surface area contributed by atoms with E-state index in [1.54, 1.807) is 0 Å². The first-order chi connectivity index (χ1) is 13.0. The SMILES string of the molecule is CCCCOC(=O)C1CCC(c2ccc(N)cc2)(c2ccc(N)cc2)CC1. The molecule has 0 bridgehead atoms. The Labute approximate surface area is 161 Å². The van der Waals surface area contributed by atoms with E-state index in [9.17, 15) is 4.79 Å². The van der Waals surface area contributed by atoms with Gasteiger partial charge in [-0.1, -0.05) is 37.6 Å². The molecule has 2 aromatic carbocycles. The monoisotopic (exact) mass is 366 g/mol. The highest BCUT2D eigenvalue weighted by Gasteiger charge is 2.40. The lowest BCUT2D eigenvalue weighted by atomic mass is 9.63. The predicted octanol–water partition coefficient (Wildman–Crippen LogP) is 4.67. The Balaban J connectivity index is 1.82. The molecule has 0 saturated heterocycles. The van der Waals surface area contributed by atoms with Crippen LogP contribution < -0.4 is 11.5 Å². The van der Waals surface area contributed by atoms with Gasteiger partial charge in [0, 0.05) is 16.8 Å². The third-order valence-electron chi connectivity index (χ3n) is 5.84. The molecule has 2 aromatic rings. The average Bonchev–Trinajstić information content (AvgIpc) is 2.69. The van der Waals surface area contributed by atoms with Crippen molar-refractivity contribution >= 4 is 17.3 Å². The van der Waals surface area contributed by atoms with Crippen LogP contribution in [0.3, 0.4) is 0 Å². The minimum atomic E-state index is -0.110. The van der Waals surface area contributed by atoms with Crippen molar-refractivity contribution in [3.63, 3.8) is 0 Å². The summed E-state index contributed by atoms with van der Waals surface area (Å²) in [5, 5.41) is 0. The van der Waals surface area contributed by atoms with Gasteiger partial charge in [-0.3, -0.25) is 4.79 Å². The average molecular weight is 367 g/mol. The fraction of sp³-hybridized carbons (Fsp3) is 0.435. The number of hydrogen-bond donors (Lipinski definition) is 2. The van der Waals surface area contributed by atoms with Crippen molar-refractivity contribution in [3.8, 4) is 0 Å². The second-order valence-corrected chi connectivity index (χ2v) is 7.62. The zero-order chi connectivity index (χ0) is 19.3. The topological polar surface area (TPSA) is 78.3 Å². The summed E-state index contributed by atoms with van der Waals surface area (Å²) in [5.74, 6) is -0.0378. The molecule has 4 nitrogen and oxygen atoms in total. The summed E-state index contributed by atoms with van der Waals surface area (Å²) < 4.78 is 5.46. The lowest BCUT2D eigenvalue weighted by Crippen LogP contribution is -2.35. The van der Waals surface area contributed by atoms with E-state index in [1.165, 1.54) is 11.1 Å². The summed E-state index contributed by atoms with van der Waals surface area (Å²) in [6.07, 6.45) is 5.46. The number of unbranched alkanes of at least 4 members (excludes halogenated alkanes) is 1. The summed E-state index contributed by atoms with van der Waals surface area (Å²) in [6.45, 7) is 2.63. The molecule has 0 amide bonds. The third kappa shape index (κ3) is 4.26. The van der Waals surface area contributed by atoms with E-state index in [1.807, 2.05) is 24.3 Å². The molecule has 4 heteroatoms. The molecule has 1 aliphatic carbocycles. The Morgan fingerprint density at radius 2 is 1.44 bits per heavy atom. The van der Waals surface area contributed by atoms with Crippen molar-refractivity contribution in [2.75, 3.05) is 18.1 Å². The van der Waals surface area contributed by atoms with Gasteiger partial charge in [-0.25, -0.2) is 0 Å². The summed E-state index contributed by atoms with van der Waals surface area (Å²) >= 11 is 0. The van der Waals surface area contributed by atoms with Gasteiger partial charge in [0.05, 0.1) is 12.5 Å². The summed E-state index contributed by atoms with van der Waals surface area (Å²) in [5.41, 5.74) is 15.7. The number of nitrogen functional groups attached to an aromatic ring is 2. The lowest BCUT2D eigenvalue weighted by Gasteiger charge is -2.41. The number of rotatable bonds is 6. The molecule has 0 unspecified atom stereocenters. The number of carbonyl (C=O) groups is 1.